The molecule has 0 heterocycles. The molecule has 1 rings (SSSR count). The molecule has 2 nitrogen and oxygen atoms in total. The van der Waals surface area contributed by atoms with Crippen LogP contribution in [-0.4, -0.2) is 17.9 Å². The molecule has 0 atom stereocenters. The lowest BCUT2D eigenvalue weighted by molar-refractivity contribution is -0.137. The van der Waals surface area contributed by atoms with Gasteiger partial charge in [0.05, 0.1) is 5.56 Å². The van der Waals surface area contributed by atoms with Gasteiger partial charge >= 0.3 is 6.18 Å². The zero-order valence-electron chi connectivity index (χ0n) is 8.39. The fraction of sp³-hybridized carbons (Fsp3) is 0.300. The predicted molar refractivity (Wildman–Crippen MR) is 52.1 cm³/mol. The first-order valence-electron chi connectivity index (χ1n) is 4.09. The summed E-state index contributed by atoms with van der Waals surface area (Å²) in [6.07, 6.45) is -4.30. The summed E-state index contributed by atoms with van der Waals surface area (Å²) in [4.78, 5) is 0. The van der Waals surface area contributed by atoms with E-state index in [-0.39, 0.29) is 5.71 Å². The number of halogens is 3. The van der Waals surface area contributed by atoms with Gasteiger partial charge in [0.15, 0.2) is 0 Å². The third-order valence-electron chi connectivity index (χ3n) is 1.65. The summed E-state index contributed by atoms with van der Waals surface area (Å²) < 4.78 is 36.2. The van der Waals surface area contributed by atoms with Gasteiger partial charge in [-0.1, -0.05) is 12.1 Å². The van der Waals surface area contributed by atoms with E-state index in [9.17, 15) is 13.2 Å². The standard InChI is InChI=1S/C9H8F3N.CH4O/c1-6(13)7-2-4-8(5-3-7)9(10,11)12;1-2/h2-5,13H,1H3;2H,1H3. The SMILES string of the molecule is CC(=N)c1ccc(C(F)(F)F)cc1.CO. The van der Waals surface area contributed by atoms with E-state index in [2.05, 4.69) is 0 Å². The Kier molecular flexibility index (Phi) is 5.00. The van der Waals surface area contributed by atoms with Crippen LogP contribution >= 0.6 is 0 Å². The predicted octanol–water partition coefficient (Wildman–Crippen LogP) is 2.70. The van der Waals surface area contributed by atoms with Gasteiger partial charge in [-0.3, -0.25) is 0 Å². The Morgan fingerprint density at radius 3 is 1.80 bits per heavy atom. The van der Waals surface area contributed by atoms with Crippen LogP contribution in [0.25, 0.3) is 0 Å². The van der Waals surface area contributed by atoms with Gasteiger partial charge < -0.3 is 10.5 Å². The summed E-state index contributed by atoms with van der Waals surface area (Å²) in [5, 5.41) is 14.2. The molecule has 0 spiro atoms. The van der Waals surface area contributed by atoms with Crippen molar-refractivity contribution in [3.63, 3.8) is 0 Å². The van der Waals surface area contributed by atoms with Crippen molar-refractivity contribution in [3.05, 3.63) is 35.4 Å². The number of nitrogens with one attached hydrogen (secondary N) is 1. The summed E-state index contributed by atoms with van der Waals surface area (Å²) in [6.45, 7) is 1.53. The Morgan fingerprint density at radius 2 is 1.53 bits per heavy atom. The van der Waals surface area contributed by atoms with Crippen molar-refractivity contribution in [1.82, 2.24) is 0 Å². The molecule has 0 aliphatic heterocycles. The quantitative estimate of drug-likeness (QED) is 0.701. The fourth-order valence-electron chi connectivity index (χ4n) is 0.909. The van der Waals surface area contributed by atoms with Crippen LogP contribution in [0.15, 0.2) is 24.3 Å². The second-order valence-corrected chi connectivity index (χ2v) is 2.70. The Hall–Kier alpha value is -1.36. The van der Waals surface area contributed by atoms with Crippen molar-refractivity contribution in [2.75, 3.05) is 7.11 Å². The fourth-order valence-corrected chi connectivity index (χ4v) is 0.909. The first-order valence-corrected chi connectivity index (χ1v) is 4.09. The minimum Gasteiger partial charge on any atom is -0.400 e. The third kappa shape index (κ3) is 4.12. The molecule has 0 saturated heterocycles. The number of rotatable bonds is 1. The molecule has 15 heavy (non-hydrogen) atoms. The molecule has 0 saturated carbocycles. The van der Waals surface area contributed by atoms with Gasteiger partial charge in [0, 0.05) is 12.8 Å². The van der Waals surface area contributed by atoms with Gasteiger partial charge in [0.25, 0.3) is 0 Å². The number of hydrogen-bond acceptors (Lipinski definition) is 2. The molecular formula is C10H12F3NO. The number of hydrogen-bond donors (Lipinski definition) is 2. The third-order valence-corrected chi connectivity index (χ3v) is 1.65. The summed E-state index contributed by atoms with van der Waals surface area (Å²) in [5.41, 5.74) is 0.0826. The molecule has 0 amide bonds. The highest BCUT2D eigenvalue weighted by Crippen LogP contribution is 2.28. The maximum Gasteiger partial charge on any atom is 0.416 e. The number of aliphatic hydroxyl groups excluding tert-OH is 1. The average molecular weight is 219 g/mol. The van der Waals surface area contributed by atoms with E-state index in [1.807, 2.05) is 0 Å². The monoisotopic (exact) mass is 219 g/mol. The lowest BCUT2D eigenvalue weighted by Gasteiger charge is -2.06. The molecule has 5 heteroatoms. The molecule has 0 radical (unpaired) electrons. The van der Waals surface area contributed by atoms with Crippen LogP contribution in [0.5, 0.6) is 0 Å². The second-order valence-electron chi connectivity index (χ2n) is 2.70. The maximum absolute atomic E-state index is 12.1. The van der Waals surface area contributed by atoms with E-state index < -0.39 is 11.7 Å². The van der Waals surface area contributed by atoms with Gasteiger partial charge in [0.2, 0.25) is 0 Å². The Labute approximate surface area is 85.9 Å². The first-order chi connectivity index (χ1) is 6.91. The topological polar surface area (TPSA) is 44.1 Å². The Bertz CT molecular complexity index is 316. The van der Waals surface area contributed by atoms with Gasteiger partial charge in [-0.05, 0) is 24.6 Å². The van der Waals surface area contributed by atoms with Gasteiger partial charge in [-0.15, -0.1) is 0 Å². The molecular weight excluding hydrogens is 207 g/mol. The highest BCUT2D eigenvalue weighted by atomic mass is 19.4. The van der Waals surface area contributed by atoms with Crippen molar-refractivity contribution in [2.45, 2.75) is 13.1 Å². The van der Waals surface area contributed by atoms with Crippen LogP contribution in [0, 0.1) is 5.41 Å². The van der Waals surface area contributed by atoms with Crippen LogP contribution in [0.2, 0.25) is 0 Å². The zero-order valence-corrected chi connectivity index (χ0v) is 8.39. The van der Waals surface area contributed by atoms with Crippen molar-refractivity contribution < 1.29 is 18.3 Å². The van der Waals surface area contributed by atoms with E-state index >= 15 is 0 Å². The molecule has 0 unspecified atom stereocenters. The van der Waals surface area contributed by atoms with Crippen LogP contribution < -0.4 is 0 Å². The van der Waals surface area contributed by atoms with E-state index in [1.165, 1.54) is 19.1 Å². The zero-order chi connectivity index (χ0) is 12.1. The highest BCUT2D eigenvalue weighted by Gasteiger charge is 2.29. The first kappa shape index (κ1) is 13.6. The smallest absolute Gasteiger partial charge is 0.400 e. The van der Waals surface area contributed by atoms with E-state index in [0.717, 1.165) is 19.2 Å². The molecule has 0 bridgehead atoms. The van der Waals surface area contributed by atoms with E-state index in [0.29, 0.717) is 5.56 Å². The van der Waals surface area contributed by atoms with Crippen molar-refractivity contribution in [2.24, 2.45) is 0 Å². The molecule has 0 aromatic heterocycles. The van der Waals surface area contributed by atoms with Crippen LogP contribution in [0.1, 0.15) is 18.1 Å². The molecule has 0 aliphatic rings. The normalized spacial score (nSPS) is 10.3. The summed E-state index contributed by atoms with van der Waals surface area (Å²) in [6, 6.07) is 4.55. The van der Waals surface area contributed by atoms with Crippen molar-refractivity contribution >= 4 is 5.71 Å². The number of benzene rings is 1. The van der Waals surface area contributed by atoms with Gasteiger partial charge in [-0.25, -0.2) is 0 Å². The Morgan fingerprint density at radius 1 is 1.13 bits per heavy atom. The minimum atomic E-state index is -4.30. The maximum atomic E-state index is 12.1. The Balaban J connectivity index is 0.000000921. The van der Waals surface area contributed by atoms with Gasteiger partial charge in [0.1, 0.15) is 0 Å². The number of alkyl halides is 3. The van der Waals surface area contributed by atoms with Crippen molar-refractivity contribution in [3.8, 4) is 0 Å². The largest absolute Gasteiger partial charge is 0.416 e. The summed E-state index contributed by atoms with van der Waals surface area (Å²) >= 11 is 0. The molecule has 84 valence electrons. The van der Waals surface area contributed by atoms with Crippen molar-refractivity contribution in [1.29, 1.82) is 5.41 Å². The molecule has 1 aromatic carbocycles. The number of aliphatic hydroxyl groups is 1. The average Bonchev–Trinajstić information content (AvgIpc) is 2.20. The van der Waals surface area contributed by atoms with Crippen LogP contribution in [0.3, 0.4) is 0 Å². The van der Waals surface area contributed by atoms with E-state index in [4.69, 9.17) is 10.5 Å². The van der Waals surface area contributed by atoms with Crippen LogP contribution in [-0.2, 0) is 6.18 Å². The molecule has 0 aliphatic carbocycles. The summed E-state index contributed by atoms with van der Waals surface area (Å²) in [5.74, 6) is 0. The molecule has 0 fully saturated rings. The lowest BCUT2D eigenvalue weighted by Crippen LogP contribution is -2.05. The second kappa shape index (κ2) is 5.50. The highest BCUT2D eigenvalue weighted by molar-refractivity contribution is 5.96. The molecule has 2 N–H and O–H groups in total. The van der Waals surface area contributed by atoms with Gasteiger partial charge in [-0.2, -0.15) is 13.2 Å². The molecule has 1 aromatic rings. The lowest BCUT2D eigenvalue weighted by atomic mass is 10.1. The van der Waals surface area contributed by atoms with E-state index in [1.54, 1.807) is 0 Å². The summed E-state index contributed by atoms with van der Waals surface area (Å²) in [7, 11) is 1.00. The minimum absolute atomic E-state index is 0.258. The van der Waals surface area contributed by atoms with Crippen LogP contribution in [0.4, 0.5) is 13.2 Å².